The van der Waals surface area contributed by atoms with E-state index in [-0.39, 0.29) is 37.5 Å². The second kappa shape index (κ2) is 56.7. The van der Waals surface area contributed by atoms with Crippen molar-refractivity contribution in [2.75, 3.05) is 13.2 Å². The van der Waals surface area contributed by atoms with E-state index in [0.29, 0.717) is 19.3 Å². The maximum atomic E-state index is 12.9. The fourth-order valence-corrected chi connectivity index (χ4v) is 8.39. The van der Waals surface area contributed by atoms with Gasteiger partial charge in [-0.25, -0.2) is 0 Å². The number of hydrogen-bond donors (Lipinski definition) is 0. The summed E-state index contributed by atoms with van der Waals surface area (Å²) in [6.45, 7) is 6.49. The van der Waals surface area contributed by atoms with Crippen molar-refractivity contribution in [2.45, 2.75) is 303 Å². The summed E-state index contributed by atoms with van der Waals surface area (Å²) in [6.07, 6.45) is 70.9. The molecule has 0 bridgehead atoms. The second-order valence-corrected chi connectivity index (χ2v) is 19.5. The van der Waals surface area contributed by atoms with Crippen LogP contribution in [0.1, 0.15) is 297 Å². The lowest BCUT2D eigenvalue weighted by Gasteiger charge is -2.18. The first-order chi connectivity index (χ1) is 33.5. The lowest BCUT2D eigenvalue weighted by Crippen LogP contribution is -2.30. The van der Waals surface area contributed by atoms with Gasteiger partial charge in [-0.05, 0) is 70.6 Å². The van der Waals surface area contributed by atoms with Crippen molar-refractivity contribution in [2.24, 2.45) is 0 Å². The Balaban J connectivity index is 4.38. The predicted octanol–water partition coefficient (Wildman–Crippen LogP) is 19.6. The summed E-state index contributed by atoms with van der Waals surface area (Å²) in [4.78, 5) is 38.1. The van der Waals surface area contributed by atoms with E-state index in [1.165, 1.54) is 186 Å². The summed E-state index contributed by atoms with van der Waals surface area (Å²) >= 11 is 0. The van der Waals surface area contributed by atoms with Crippen LogP contribution in [0.5, 0.6) is 0 Å². The van der Waals surface area contributed by atoms with Gasteiger partial charge in [-0.2, -0.15) is 0 Å². The SMILES string of the molecule is CC/C=C\C/C=C\C/C=C\C/C=C\CCC(=O)OCC(COC(=O)CCCCCCCCCCCCCCCCCCCCC)OC(=O)CCCCCCCCC/C=C\CCCCCCCCC. The quantitative estimate of drug-likeness (QED) is 0.0262. The monoisotopic (exact) mass is 951 g/mol. The molecule has 0 rings (SSSR count). The maximum Gasteiger partial charge on any atom is 0.306 e. The van der Waals surface area contributed by atoms with Gasteiger partial charge in [0.1, 0.15) is 13.2 Å². The van der Waals surface area contributed by atoms with Crippen molar-refractivity contribution in [3.8, 4) is 0 Å². The van der Waals surface area contributed by atoms with Crippen molar-refractivity contribution < 1.29 is 28.6 Å². The summed E-state index contributed by atoms with van der Waals surface area (Å²) in [5, 5.41) is 0. The fraction of sp³-hybridized carbons (Fsp3) is 0.790. The largest absolute Gasteiger partial charge is 0.462 e. The molecule has 0 aromatic heterocycles. The topological polar surface area (TPSA) is 78.9 Å². The smallest absolute Gasteiger partial charge is 0.306 e. The summed E-state index contributed by atoms with van der Waals surface area (Å²) in [5.41, 5.74) is 0. The third-order valence-electron chi connectivity index (χ3n) is 12.8. The van der Waals surface area contributed by atoms with Gasteiger partial charge in [0.2, 0.25) is 0 Å². The lowest BCUT2D eigenvalue weighted by atomic mass is 10.0. The molecule has 1 unspecified atom stereocenters. The average Bonchev–Trinajstić information content (AvgIpc) is 3.34. The fourth-order valence-electron chi connectivity index (χ4n) is 8.39. The van der Waals surface area contributed by atoms with Crippen LogP contribution in [0.2, 0.25) is 0 Å². The molecular weight excluding hydrogens is 841 g/mol. The molecule has 0 aliphatic heterocycles. The van der Waals surface area contributed by atoms with Crippen LogP contribution in [0.15, 0.2) is 60.8 Å². The molecule has 0 amide bonds. The molecule has 394 valence electrons. The predicted molar refractivity (Wildman–Crippen MR) is 293 cm³/mol. The third kappa shape index (κ3) is 54.1. The van der Waals surface area contributed by atoms with Crippen LogP contribution in [0.25, 0.3) is 0 Å². The number of ether oxygens (including phenoxy) is 3. The Labute approximate surface area is 421 Å². The first-order valence-electron chi connectivity index (χ1n) is 29.3. The van der Waals surface area contributed by atoms with Gasteiger partial charge in [0.25, 0.3) is 0 Å². The first-order valence-corrected chi connectivity index (χ1v) is 29.3. The Morgan fingerprint density at radius 3 is 0.985 bits per heavy atom. The Bertz CT molecular complexity index is 1230. The number of allylic oxidation sites excluding steroid dienone is 10. The number of carbonyl (C=O) groups excluding carboxylic acids is 3. The number of hydrogen-bond acceptors (Lipinski definition) is 6. The van der Waals surface area contributed by atoms with E-state index in [1.807, 2.05) is 6.08 Å². The van der Waals surface area contributed by atoms with E-state index in [4.69, 9.17) is 14.2 Å². The van der Waals surface area contributed by atoms with E-state index in [1.54, 1.807) is 0 Å². The van der Waals surface area contributed by atoms with Gasteiger partial charge in [0.15, 0.2) is 6.10 Å². The van der Waals surface area contributed by atoms with Crippen LogP contribution in [0.4, 0.5) is 0 Å². The van der Waals surface area contributed by atoms with Crippen LogP contribution in [0.3, 0.4) is 0 Å². The molecule has 0 saturated heterocycles. The van der Waals surface area contributed by atoms with Crippen molar-refractivity contribution in [3.05, 3.63) is 60.8 Å². The summed E-state index contributed by atoms with van der Waals surface area (Å²) in [6, 6.07) is 0. The van der Waals surface area contributed by atoms with Crippen molar-refractivity contribution >= 4 is 17.9 Å². The molecule has 6 nitrogen and oxygen atoms in total. The Morgan fingerprint density at radius 2 is 0.603 bits per heavy atom. The van der Waals surface area contributed by atoms with Gasteiger partial charge in [-0.3, -0.25) is 14.4 Å². The van der Waals surface area contributed by atoms with Crippen LogP contribution in [0, 0.1) is 0 Å². The summed E-state index contributed by atoms with van der Waals surface area (Å²) in [7, 11) is 0. The molecule has 1 atom stereocenters. The van der Waals surface area contributed by atoms with E-state index in [0.717, 1.165) is 64.2 Å². The van der Waals surface area contributed by atoms with Crippen molar-refractivity contribution in [1.29, 1.82) is 0 Å². The molecule has 0 aromatic carbocycles. The Morgan fingerprint density at radius 1 is 0.309 bits per heavy atom. The molecule has 0 radical (unpaired) electrons. The van der Waals surface area contributed by atoms with Gasteiger partial charge < -0.3 is 14.2 Å². The molecule has 6 heteroatoms. The molecule has 0 fully saturated rings. The highest BCUT2D eigenvalue weighted by atomic mass is 16.6. The molecule has 0 aliphatic rings. The van der Waals surface area contributed by atoms with Gasteiger partial charge >= 0.3 is 17.9 Å². The highest BCUT2D eigenvalue weighted by molar-refractivity contribution is 5.71. The average molecular weight is 952 g/mol. The van der Waals surface area contributed by atoms with Gasteiger partial charge in [0.05, 0.1) is 0 Å². The van der Waals surface area contributed by atoms with Crippen LogP contribution in [-0.2, 0) is 28.6 Å². The zero-order valence-corrected chi connectivity index (χ0v) is 45.1. The molecular formula is C62H110O6. The minimum Gasteiger partial charge on any atom is -0.462 e. The first kappa shape index (κ1) is 65.1. The van der Waals surface area contributed by atoms with Crippen molar-refractivity contribution in [3.63, 3.8) is 0 Å². The second-order valence-electron chi connectivity index (χ2n) is 19.5. The van der Waals surface area contributed by atoms with Gasteiger partial charge in [0, 0.05) is 19.3 Å². The third-order valence-corrected chi connectivity index (χ3v) is 12.8. The molecule has 0 N–H and O–H groups in total. The number of rotatable bonds is 53. The van der Waals surface area contributed by atoms with Gasteiger partial charge in [-0.15, -0.1) is 0 Å². The Kier molecular flexibility index (Phi) is 54.3. The normalized spacial score (nSPS) is 12.5. The molecule has 68 heavy (non-hydrogen) atoms. The van der Waals surface area contributed by atoms with E-state index < -0.39 is 6.10 Å². The van der Waals surface area contributed by atoms with Crippen LogP contribution < -0.4 is 0 Å². The van der Waals surface area contributed by atoms with Crippen LogP contribution >= 0.6 is 0 Å². The Hall–Kier alpha value is -2.89. The molecule has 0 aromatic rings. The molecule has 0 spiro atoms. The maximum absolute atomic E-state index is 12.9. The molecule has 0 saturated carbocycles. The van der Waals surface area contributed by atoms with Gasteiger partial charge in [-0.1, -0.05) is 268 Å². The highest BCUT2D eigenvalue weighted by Gasteiger charge is 2.19. The zero-order chi connectivity index (χ0) is 49.3. The highest BCUT2D eigenvalue weighted by Crippen LogP contribution is 2.16. The zero-order valence-electron chi connectivity index (χ0n) is 45.1. The summed E-state index contributed by atoms with van der Waals surface area (Å²) < 4.78 is 16.8. The standard InChI is InChI=1S/C62H110O6/c1-4-7-10-13-16-19-22-25-27-29-31-33-34-37-40-43-46-49-52-55-61(64)67-58-59(57-66-60(63)54-51-48-45-42-39-36-24-21-18-15-12-9-6-3)68-62(65)56-53-50-47-44-41-38-35-32-30-28-26-23-20-17-14-11-8-5-2/h9,12,18,21,28,30,36,39,45,48,59H,4-8,10-11,13-17,19-20,22-27,29,31-35,37-38,40-44,46-47,49-58H2,1-3H3/b12-9-,21-18-,30-28-,39-36-,48-45-. The minimum atomic E-state index is -0.803. The molecule has 0 aliphatic carbocycles. The van der Waals surface area contributed by atoms with E-state index >= 15 is 0 Å². The van der Waals surface area contributed by atoms with Crippen LogP contribution in [-0.4, -0.2) is 37.2 Å². The van der Waals surface area contributed by atoms with E-state index in [2.05, 4.69) is 75.5 Å². The van der Waals surface area contributed by atoms with E-state index in [9.17, 15) is 14.4 Å². The minimum absolute atomic E-state index is 0.0951. The van der Waals surface area contributed by atoms with Crippen molar-refractivity contribution in [1.82, 2.24) is 0 Å². The number of esters is 3. The lowest BCUT2D eigenvalue weighted by molar-refractivity contribution is -0.166. The number of unbranched alkanes of at least 4 members (excludes halogenated alkanes) is 32. The number of carbonyl (C=O) groups is 3. The molecule has 0 heterocycles. The summed E-state index contributed by atoms with van der Waals surface area (Å²) in [5.74, 6) is -0.972.